The molecule has 1 aromatic rings. The van der Waals surface area contributed by atoms with Gasteiger partial charge in [0.15, 0.2) is 0 Å². The lowest BCUT2D eigenvalue weighted by Crippen LogP contribution is -2.43. The monoisotopic (exact) mass is 313 g/mol. The Morgan fingerprint density at radius 2 is 2.24 bits per heavy atom. The largest absolute Gasteiger partial charge is 0.481 e. The summed E-state index contributed by atoms with van der Waals surface area (Å²) in [5.74, 6) is -1.73. The zero-order chi connectivity index (χ0) is 14.8. The van der Waals surface area contributed by atoms with Crippen molar-refractivity contribution >= 4 is 23.6 Å². The Labute approximate surface area is 124 Å². The van der Waals surface area contributed by atoms with Crippen molar-refractivity contribution in [3.8, 4) is 0 Å². The van der Waals surface area contributed by atoms with Crippen molar-refractivity contribution in [1.29, 1.82) is 0 Å². The van der Waals surface area contributed by atoms with Crippen molar-refractivity contribution in [2.45, 2.75) is 30.1 Å². The fourth-order valence-electron chi connectivity index (χ4n) is 2.15. The van der Waals surface area contributed by atoms with E-state index in [0.29, 0.717) is 11.2 Å². The third-order valence-electron chi connectivity index (χ3n) is 3.43. The van der Waals surface area contributed by atoms with E-state index in [0.717, 1.165) is 12.8 Å². The number of aromatic nitrogens is 4. The number of hydrogen-bond acceptors (Lipinski definition) is 7. The third-order valence-corrected chi connectivity index (χ3v) is 4.37. The van der Waals surface area contributed by atoms with Crippen molar-refractivity contribution in [3.63, 3.8) is 0 Å². The molecule has 9 nitrogen and oxygen atoms in total. The van der Waals surface area contributed by atoms with E-state index in [-0.39, 0.29) is 24.9 Å². The predicted molar refractivity (Wildman–Crippen MR) is 70.7 cm³/mol. The summed E-state index contributed by atoms with van der Waals surface area (Å²) in [6.07, 6.45) is 2.12. The topological polar surface area (TPSA) is 119 Å². The van der Waals surface area contributed by atoms with E-state index in [2.05, 4.69) is 20.8 Å². The summed E-state index contributed by atoms with van der Waals surface area (Å²) in [6.45, 7) is 0.362. The number of ether oxygens (including phenoxy) is 1. The molecule has 1 aliphatic heterocycles. The van der Waals surface area contributed by atoms with Gasteiger partial charge in [-0.2, -0.15) is 0 Å². The van der Waals surface area contributed by atoms with E-state index in [1.807, 2.05) is 0 Å². The summed E-state index contributed by atoms with van der Waals surface area (Å²) < 4.78 is 6.84. The maximum Gasteiger partial charge on any atom is 0.311 e. The van der Waals surface area contributed by atoms with Crippen LogP contribution in [0.5, 0.6) is 0 Å². The van der Waals surface area contributed by atoms with Crippen LogP contribution >= 0.6 is 11.8 Å². The highest BCUT2D eigenvalue weighted by molar-refractivity contribution is 7.99. The number of amides is 1. The quantitative estimate of drug-likeness (QED) is 0.663. The first-order valence-electron chi connectivity index (χ1n) is 6.65. The number of thioether (sulfide) groups is 1. The number of tetrazole rings is 1. The van der Waals surface area contributed by atoms with Crippen LogP contribution in [0.4, 0.5) is 0 Å². The van der Waals surface area contributed by atoms with Crippen molar-refractivity contribution in [1.82, 2.24) is 25.5 Å². The molecule has 1 saturated heterocycles. The van der Waals surface area contributed by atoms with Gasteiger partial charge in [0.2, 0.25) is 11.1 Å². The number of nitrogens with zero attached hydrogens (tertiary/aromatic N) is 4. The van der Waals surface area contributed by atoms with E-state index in [9.17, 15) is 9.59 Å². The van der Waals surface area contributed by atoms with E-state index >= 15 is 0 Å². The molecule has 1 aliphatic carbocycles. The summed E-state index contributed by atoms with van der Waals surface area (Å²) in [7, 11) is 0. The minimum Gasteiger partial charge on any atom is -0.481 e. The van der Waals surface area contributed by atoms with E-state index < -0.39 is 17.9 Å². The Kier molecular flexibility index (Phi) is 4.06. The van der Waals surface area contributed by atoms with Crippen molar-refractivity contribution in [2.75, 3.05) is 19.0 Å². The van der Waals surface area contributed by atoms with Crippen LogP contribution in [0.3, 0.4) is 0 Å². The van der Waals surface area contributed by atoms with Gasteiger partial charge in [-0.1, -0.05) is 11.8 Å². The van der Waals surface area contributed by atoms with Crippen LogP contribution in [0, 0.1) is 5.92 Å². The highest BCUT2D eigenvalue weighted by atomic mass is 32.2. The summed E-state index contributed by atoms with van der Waals surface area (Å²) in [5, 5.41) is 23.7. The maximum absolute atomic E-state index is 11.9. The number of carbonyl (C=O) groups excluding carboxylic acids is 1. The fourth-order valence-corrected chi connectivity index (χ4v) is 2.90. The summed E-state index contributed by atoms with van der Waals surface area (Å²) in [6, 6.07) is -0.125. The van der Waals surface area contributed by atoms with Gasteiger partial charge in [-0.25, -0.2) is 4.68 Å². The Morgan fingerprint density at radius 1 is 1.43 bits per heavy atom. The first kappa shape index (κ1) is 14.3. The molecule has 3 rings (SSSR count). The van der Waals surface area contributed by atoms with Gasteiger partial charge >= 0.3 is 5.97 Å². The molecule has 2 aliphatic rings. The van der Waals surface area contributed by atoms with Crippen LogP contribution in [0.1, 0.15) is 18.9 Å². The van der Waals surface area contributed by atoms with Gasteiger partial charge in [0, 0.05) is 0 Å². The average Bonchev–Trinajstić information content (AvgIpc) is 3.00. The highest BCUT2D eigenvalue weighted by Gasteiger charge is 2.35. The van der Waals surface area contributed by atoms with Gasteiger partial charge in [0.05, 0.1) is 31.1 Å². The van der Waals surface area contributed by atoms with Gasteiger partial charge in [-0.15, -0.1) is 5.10 Å². The van der Waals surface area contributed by atoms with Crippen molar-refractivity contribution in [3.05, 3.63) is 0 Å². The Balaban J connectivity index is 1.50. The number of carbonyl (C=O) groups is 2. The molecule has 2 N–H and O–H groups in total. The molecular weight excluding hydrogens is 298 g/mol. The lowest BCUT2D eigenvalue weighted by Gasteiger charge is -2.15. The second-order valence-corrected chi connectivity index (χ2v) is 6.02. The first-order chi connectivity index (χ1) is 10.1. The van der Waals surface area contributed by atoms with Gasteiger partial charge in [-0.05, 0) is 23.3 Å². The van der Waals surface area contributed by atoms with E-state index in [1.54, 1.807) is 4.68 Å². The molecule has 2 heterocycles. The summed E-state index contributed by atoms with van der Waals surface area (Å²) in [5.41, 5.74) is 0. The minimum atomic E-state index is -0.955. The number of hydrogen-bond donors (Lipinski definition) is 2. The molecule has 0 aromatic carbocycles. The van der Waals surface area contributed by atoms with Crippen LogP contribution in [-0.2, 0) is 14.3 Å². The Hall–Kier alpha value is -1.68. The summed E-state index contributed by atoms with van der Waals surface area (Å²) >= 11 is 1.25. The predicted octanol–water partition coefficient (Wildman–Crippen LogP) is -0.684. The summed E-state index contributed by atoms with van der Waals surface area (Å²) in [4.78, 5) is 22.9. The van der Waals surface area contributed by atoms with Gasteiger partial charge in [0.1, 0.15) is 5.92 Å². The molecule has 0 radical (unpaired) electrons. The number of carboxylic acid groups (broad SMARTS) is 1. The van der Waals surface area contributed by atoms with Crippen LogP contribution in [0.25, 0.3) is 0 Å². The van der Waals surface area contributed by atoms with E-state index in [1.165, 1.54) is 11.8 Å². The SMILES string of the molecule is O=C(CSc1nnnn1C1CC1)NC1COCC1C(=O)O. The average molecular weight is 313 g/mol. The zero-order valence-electron chi connectivity index (χ0n) is 11.1. The molecule has 10 heteroatoms. The number of aliphatic carboxylic acids is 1. The molecule has 0 bridgehead atoms. The second-order valence-electron chi connectivity index (χ2n) is 5.08. The van der Waals surface area contributed by atoms with E-state index in [4.69, 9.17) is 9.84 Å². The number of carboxylic acids is 1. The molecule has 2 atom stereocenters. The van der Waals surface area contributed by atoms with Gasteiger partial charge in [0.25, 0.3) is 0 Å². The normalized spacial score (nSPS) is 25.0. The minimum absolute atomic E-state index is 0.132. The van der Waals surface area contributed by atoms with Crippen LogP contribution in [0.2, 0.25) is 0 Å². The molecular formula is C11H15N5O4S. The van der Waals surface area contributed by atoms with Crippen molar-refractivity contribution in [2.24, 2.45) is 5.92 Å². The maximum atomic E-state index is 11.9. The fraction of sp³-hybridized carbons (Fsp3) is 0.727. The molecule has 114 valence electrons. The Bertz CT molecular complexity index is 546. The third kappa shape index (κ3) is 3.32. The molecule has 0 spiro atoms. The molecule has 21 heavy (non-hydrogen) atoms. The second kappa shape index (κ2) is 5.98. The molecule has 2 unspecified atom stereocenters. The Morgan fingerprint density at radius 3 is 2.95 bits per heavy atom. The van der Waals surface area contributed by atoms with Gasteiger partial charge in [-0.3, -0.25) is 9.59 Å². The highest BCUT2D eigenvalue weighted by Crippen LogP contribution is 2.36. The molecule has 1 aromatic heterocycles. The van der Waals surface area contributed by atoms with Crippen molar-refractivity contribution < 1.29 is 19.4 Å². The lowest BCUT2D eigenvalue weighted by atomic mass is 10.0. The first-order valence-corrected chi connectivity index (χ1v) is 7.64. The zero-order valence-corrected chi connectivity index (χ0v) is 12.0. The number of rotatable bonds is 6. The number of nitrogens with one attached hydrogen (secondary N) is 1. The standard InChI is InChI=1S/C11H15N5O4S/c17-9(12-8-4-20-3-7(8)10(18)19)5-21-11-13-14-15-16(11)6-1-2-6/h6-8H,1-5H2,(H,12,17)(H,18,19). The molecule has 2 fully saturated rings. The van der Waals surface area contributed by atoms with Crippen LogP contribution in [-0.4, -0.2) is 62.2 Å². The van der Waals surface area contributed by atoms with Crippen LogP contribution in [0.15, 0.2) is 5.16 Å². The molecule has 1 amide bonds. The molecule has 1 saturated carbocycles. The lowest BCUT2D eigenvalue weighted by molar-refractivity contribution is -0.142. The van der Waals surface area contributed by atoms with Crippen LogP contribution < -0.4 is 5.32 Å². The smallest absolute Gasteiger partial charge is 0.311 e. The van der Waals surface area contributed by atoms with Gasteiger partial charge < -0.3 is 15.2 Å².